The Morgan fingerprint density at radius 2 is 1.47 bits per heavy atom. The molecule has 1 fully saturated rings. The number of phenolic OH excluding ortho intramolecular Hbond substituents is 1. The number of aromatic nitrogens is 2. The summed E-state index contributed by atoms with van der Waals surface area (Å²) in [5, 5.41) is 60.7. The quantitative estimate of drug-likeness (QED) is 0.0129. The predicted octanol–water partition coefficient (Wildman–Crippen LogP) is -1.92. The number of imidazole rings is 1. The number of allylic oxidation sites excluding steroid dienone is 2. The number of aliphatic hydroxyl groups excluding tert-OH is 3. The average molecular weight is 1330 g/mol. The third-order valence-electron chi connectivity index (χ3n) is 15.0. The highest BCUT2D eigenvalue weighted by Crippen LogP contribution is 2.18. The Labute approximate surface area is 544 Å². The first-order valence-corrected chi connectivity index (χ1v) is 31.1. The van der Waals surface area contributed by atoms with Gasteiger partial charge < -0.3 is 97.6 Å². The number of likely N-dealkylation sites (N-methyl/N-ethyl adjacent to an activating group) is 1. The van der Waals surface area contributed by atoms with Gasteiger partial charge in [0.25, 0.3) is 11.8 Å². The number of amides is 10. The second-order valence-electron chi connectivity index (χ2n) is 22.5. The molecule has 1 saturated heterocycles. The zero-order chi connectivity index (χ0) is 70.0. The van der Waals surface area contributed by atoms with E-state index in [2.05, 4.69) is 59.4 Å². The van der Waals surface area contributed by atoms with Gasteiger partial charge in [-0.3, -0.25) is 52.7 Å². The van der Waals surface area contributed by atoms with Crippen molar-refractivity contribution in [3.05, 3.63) is 71.6 Å². The van der Waals surface area contributed by atoms with Crippen LogP contribution in [-0.2, 0) is 89.4 Å². The van der Waals surface area contributed by atoms with Crippen LogP contribution in [0, 0.1) is 0 Å². The van der Waals surface area contributed by atoms with Crippen LogP contribution in [0.2, 0.25) is 0 Å². The number of esters is 1. The largest absolute Gasteiger partial charge is 0.508 e. The van der Waals surface area contributed by atoms with Gasteiger partial charge in [-0.1, -0.05) is 89.0 Å². The number of unbranched alkanes of at least 4 members (excludes halogenated alkanes) is 8. The molecule has 1 aliphatic heterocycles. The van der Waals surface area contributed by atoms with Gasteiger partial charge in [0.05, 0.1) is 44.2 Å². The van der Waals surface area contributed by atoms with E-state index in [1.165, 1.54) is 70.4 Å². The first kappa shape index (κ1) is 79.3. The summed E-state index contributed by atoms with van der Waals surface area (Å²) < 4.78 is 16.8. The number of aldehydes is 2. The number of rotatable bonds is 31. The Kier molecular flexibility index (Phi) is 35.1. The maximum atomic E-state index is 14.8. The van der Waals surface area contributed by atoms with Crippen molar-refractivity contribution < 1.29 is 97.0 Å². The van der Waals surface area contributed by atoms with Gasteiger partial charge >= 0.3 is 5.97 Å². The van der Waals surface area contributed by atoms with E-state index in [1.807, 2.05) is 0 Å². The number of aliphatic hydroxyl groups is 3. The molecular formula is C62H92N12O20. The van der Waals surface area contributed by atoms with Crippen molar-refractivity contribution in [2.45, 2.75) is 211 Å². The highest BCUT2D eigenvalue weighted by molar-refractivity contribution is 6.03. The van der Waals surface area contributed by atoms with Crippen LogP contribution in [0.4, 0.5) is 0 Å². The standard InChI is InChI=1S/C62H92N12O20/c1-8-11-12-13-14-15-16-17-18-19-41(80)28-49(82)67-43(9-2)57(86)73-53-36(5)93-62(91)47(27-39-29-64-34-66-39)71-61(90)54(37(6)92-51(33-77)94-42(31-75)32-76)74(7)50(83)30-65-55(84)45(24-25-48(63)81)69-56(85)44(10-3)68-58(87)46(26-38-20-22-40(79)23-21-38)70-59(88)52(35(4)78)72-60(53)89/h9-10,20-23,29,31,33-37,41-42,45-47,51-54,76,78-80H,8,11-19,24-28,30,32H2,1-7H3,(H2,63,81)(H,64,66)(H,65,84)(H,67,82)(H,68,87)(H,69,85)(H,70,88)(H,71,90)(H,72,89)(H,73,86)/b43-9+,44-10+/t35-,36-,37+,41-,42+,45-,46-,47+,51-,52+,53+,54+/m1/s1. The number of H-pyrrole nitrogens is 1. The van der Waals surface area contributed by atoms with Gasteiger partial charge in [-0.05, 0) is 65.2 Å². The van der Waals surface area contributed by atoms with E-state index < -0.39 is 188 Å². The molecule has 2 heterocycles. The molecule has 0 bridgehead atoms. The maximum absolute atomic E-state index is 14.8. The number of primary amides is 1. The number of hydrogen-bond acceptors (Lipinski definition) is 21. The molecule has 0 spiro atoms. The summed E-state index contributed by atoms with van der Waals surface area (Å²) in [6, 6.07) is -5.98. The molecule has 15 N–H and O–H groups in total. The topological polar surface area (TPSA) is 485 Å². The molecule has 2 aromatic rings. The molecule has 3 rings (SSSR count). The van der Waals surface area contributed by atoms with Gasteiger partial charge in [-0.2, -0.15) is 0 Å². The number of ether oxygens (including phenoxy) is 3. The zero-order valence-electron chi connectivity index (χ0n) is 54.0. The van der Waals surface area contributed by atoms with E-state index in [4.69, 9.17) is 19.9 Å². The Hall–Kier alpha value is -8.98. The van der Waals surface area contributed by atoms with E-state index in [1.54, 1.807) is 0 Å². The molecule has 0 saturated carbocycles. The number of phenols is 1. The number of nitrogens with one attached hydrogen (secondary N) is 9. The number of nitrogens with zero attached hydrogens (tertiary/aromatic N) is 2. The van der Waals surface area contributed by atoms with Crippen LogP contribution in [0.1, 0.15) is 136 Å². The van der Waals surface area contributed by atoms with Gasteiger partial charge in [-0.25, -0.2) is 9.78 Å². The molecule has 32 nitrogen and oxygen atoms in total. The van der Waals surface area contributed by atoms with Gasteiger partial charge in [0.2, 0.25) is 53.5 Å². The number of cyclic esters (lactones) is 1. The molecule has 1 aromatic carbocycles. The molecule has 94 heavy (non-hydrogen) atoms. The molecule has 32 heteroatoms. The molecule has 1 aromatic heterocycles. The number of nitrogens with two attached hydrogens (primary N) is 1. The second-order valence-corrected chi connectivity index (χ2v) is 22.5. The third-order valence-corrected chi connectivity index (χ3v) is 15.0. The van der Waals surface area contributed by atoms with E-state index >= 15 is 0 Å². The van der Waals surface area contributed by atoms with E-state index in [0.717, 1.165) is 71.6 Å². The lowest BCUT2D eigenvalue weighted by molar-refractivity contribution is -0.197. The summed E-state index contributed by atoms with van der Waals surface area (Å²) in [4.78, 5) is 186. The summed E-state index contributed by atoms with van der Waals surface area (Å²) in [6.45, 7) is 6.27. The summed E-state index contributed by atoms with van der Waals surface area (Å²) >= 11 is 0. The lowest BCUT2D eigenvalue weighted by Gasteiger charge is -2.34. The van der Waals surface area contributed by atoms with E-state index in [-0.39, 0.29) is 36.9 Å². The fourth-order valence-electron chi connectivity index (χ4n) is 9.68. The lowest BCUT2D eigenvalue weighted by Crippen LogP contribution is -2.62. The number of aromatic amines is 1. The monoisotopic (exact) mass is 1320 g/mol. The molecule has 0 radical (unpaired) electrons. The van der Waals surface area contributed by atoms with Crippen molar-refractivity contribution >= 4 is 77.6 Å². The molecule has 520 valence electrons. The van der Waals surface area contributed by atoms with Crippen LogP contribution in [0.3, 0.4) is 0 Å². The van der Waals surface area contributed by atoms with Crippen LogP contribution in [0.15, 0.2) is 60.3 Å². The first-order valence-electron chi connectivity index (χ1n) is 31.1. The molecular weight excluding hydrogens is 1230 g/mol. The minimum atomic E-state index is -2.10. The molecule has 0 aliphatic carbocycles. The third kappa shape index (κ3) is 27.3. The van der Waals surface area contributed by atoms with Crippen LogP contribution in [0.25, 0.3) is 0 Å². The minimum absolute atomic E-state index is 0.0594. The summed E-state index contributed by atoms with van der Waals surface area (Å²) in [5.74, 6) is -12.7. The van der Waals surface area contributed by atoms with E-state index in [0.29, 0.717) is 16.9 Å². The fourth-order valence-corrected chi connectivity index (χ4v) is 9.68. The Bertz CT molecular complexity index is 2920. The van der Waals surface area contributed by atoms with Crippen molar-refractivity contribution in [2.75, 3.05) is 20.2 Å². The highest BCUT2D eigenvalue weighted by Gasteiger charge is 2.41. The second kappa shape index (κ2) is 41.6. The lowest BCUT2D eigenvalue weighted by atomic mass is 10.0. The number of benzene rings is 1. The van der Waals surface area contributed by atoms with E-state index in [9.17, 15) is 82.8 Å². The molecule has 0 unspecified atom stereocenters. The summed E-state index contributed by atoms with van der Waals surface area (Å²) in [6.07, 6.45) is 2.08. The minimum Gasteiger partial charge on any atom is -0.508 e. The van der Waals surface area contributed by atoms with Gasteiger partial charge in [0.1, 0.15) is 65.6 Å². The first-order chi connectivity index (χ1) is 44.7. The van der Waals surface area contributed by atoms with Gasteiger partial charge in [0, 0.05) is 38.2 Å². The number of hydrogen-bond donors (Lipinski definition) is 14. The predicted molar refractivity (Wildman–Crippen MR) is 334 cm³/mol. The Balaban J connectivity index is 2.23. The average Bonchev–Trinajstić information content (AvgIpc) is 1.12. The normalized spacial score (nSPS) is 22.4. The number of carbonyl (C=O) groups excluding carboxylic acids is 13. The summed E-state index contributed by atoms with van der Waals surface area (Å²) in [7, 11) is 1.05. The molecule has 12 atom stereocenters. The van der Waals surface area contributed by atoms with Crippen molar-refractivity contribution in [1.29, 1.82) is 0 Å². The van der Waals surface area contributed by atoms with Crippen LogP contribution in [-0.4, -0.2) is 206 Å². The van der Waals surface area contributed by atoms with Gasteiger partial charge in [-0.15, -0.1) is 0 Å². The van der Waals surface area contributed by atoms with Crippen molar-refractivity contribution in [2.24, 2.45) is 5.73 Å². The molecule has 10 amide bonds. The van der Waals surface area contributed by atoms with Crippen molar-refractivity contribution in [3.63, 3.8) is 0 Å². The Morgan fingerprint density at radius 1 is 0.819 bits per heavy atom. The van der Waals surface area contributed by atoms with Crippen LogP contribution >= 0.6 is 0 Å². The number of aromatic hydroxyl groups is 1. The highest BCUT2D eigenvalue weighted by atomic mass is 16.7. The zero-order valence-corrected chi connectivity index (χ0v) is 54.0. The van der Waals surface area contributed by atoms with Crippen LogP contribution < -0.4 is 48.3 Å². The SMILES string of the molecule is C/C=C(/NC(=O)C[C@H](O)CCCCCCCCCCC)C(=O)N[C@@H]1C(=O)N[C@@H]([C@@H](C)O)C(=O)N[C@H](Cc2ccc(O)cc2)C(=O)N/C(=C/C)C(=O)N[C@H](CCC(N)=O)C(=O)NCC(=O)N(C)[C@@H]([C@H](C)O[C@@H](C=O)O[C@@H](C=O)CO)C(=O)N[C@@H](Cc2cnc[nH]2)C(=O)O[C@@H]1C. The summed E-state index contributed by atoms with van der Waals surface area (Å²) in [5.41, 5.74) is 4.88. The van der Waals surface area contributed by atoms with Gasteiger partial charge in [0.15, 0.2) is 12.6 Å². The molecule has 1 aliphatic rings. The Morgan fingerprint density at radius 3 is 2.04 bits per heavy atom. The maximum Gasteiger partial charge on any atom is 0.329 e. The van der Waals surface area contributed by atoms with Crippen LogP contribution in [0.5, 0.6) is 5.75 Å². The van der Waals surface area contributed by atoms with Crippen molar-refractivity contribution in [3.8, 4) is 5.75 Å². The smallest absolute Gasteiger partial charge is 0.329 e. The van der Waals surface area contributed by atoms with Crippen molar-refractivity contribution in [1.82, 2.24) is 57.4 Å². The number of carbonyl (C=O) groups is 13. The fraction of sp³-hybridized carbons (Fsp3) is 0.581.